The van der Waals surface area contributed by atoms with E-state index < -0.39 is 0 Å². The average molecular weight is 311 g/mol. The molecule has 98 valence electrons. The second kappa shape index (κ2) is 5.74. The molecule has 1 aromatic carbocycles. The van der Waals surface area contributed by atoms with Gasteiger partial charge in [-0.3, -0.25) is 4.79 Å². The quantitative estimate of drug-likeness (QED) is 0.878. The van der Waals surface area contributed by atoms with Crippen LogP contribution in [0.15, 0.2) is 16.6 Å². The number of amides is 1. The SMILES string of the molecule is Cc1cc(C)c(NCC(=O)NCC2CC2)c(Br)c1. The lowest BCUT2D eigenvalue weighted by atomic mass is 10.1. The van der Waals surface area contributed by atoms with Gasteiger partial charge in [-0.1, -0.05) is 6.07 Å². The lowest BCUT2D eigenvalue weighted by Gasteiger charge is -2.12. The van der Waals surface area contributed by atoms with E-state index in [2.05, 4.69) is 45.6 Å². The summed E-state index contributed by atoms with van der Waals surface area (Å²) in [5, 5.41) is 6.14. The minimum atomic E-state index is 0.0637. The molecule has 0 aromatic heterocycles. The van der Waals surface area contributed by atoms with Crippen molar-refractivity contribution in [2.24, 2.45) is 5.92 Å². The van der Waals surface area contributed by atoms with Crippen molar-refractivity contribution < 1.29 is 4.79 Å². The van der Waals surface area contributed by atoms with Crippen LogP contribution >= 0.6 is 15.9 Å². The Bertz CT molecular complexity index is 432. The number of rotatable bonds is 5. The Labute approximate surface area is 116 Å². The molecule has 0 atom stereocenters. The molecule has 0 unspecified atom stereocenters. The number of aryl methyl sites for hydroxylation is 2. The van der Waals surface area contributed by atoms with E-state index in [0.29, 0.717) is 6.54 Å². The van der Waals surface area contributed by atoms with E-state index in [9.17, 15) is 4.79 Å². The summed E-state index contributed by atoms with van der Waals surface area (Å²) in [6.07, 6.45) is 2.52. The molecule has 1 aliphatic rings. The van der Waals surface area contributed by atoms with Crippen molar-refractivity contribution in [2.75, 3.05) is 18.4 Å². The molecule has 3 nitrogen and oxygen atoms in total. The van der Waals surface area contributed by atoms with Gasteiger partial charge in [0.05, 0.1) is 12.2 Å². The molecule has 0 heterocycles. The van der Waals surface area contributed by atoms with Crippen molar-refractivity contribution in [3.05, 3.63) is 27.7 Å². The van der Waals surface area contributed by atoms with Crippen molar-refractivity contribution in [1.29, 1.82) is 0 Å². The maximum absolute atomic E-state index is 11.6. The van der Waals surface area contributed by atoms with Gasteiger partial charge in [0.15, 0.2) is 0 Å². The maximum Gasteiger partial charge on any atom is 0.239 e. The number of carbonyl (C=O) groups excluding carboxylic acids is 1. The fraction of sp³-hybridized carbons (Fsp3) is 0.500. The van der Waals surface area contributed by atoms with Crippen molar-refractivity contribution in [2.45, 2.75) is 26.7 Å². The van der Waals surface area contributed by atoms with Crippen LogP contribution in [-0.2, 0) is 4.79 Å². The highest BCUT2D eigenvalue weighted by Gasteiger charge is 2.21. The largest absolute Gasteiger partial charge is 0.375 e. The summed E-state index contributed by atoms with van der Waals surface area (Å²) in [4.78, 5) is 11.6. The minimum Gasteiger partial charge on any atom is -0.375 e. The highest BCUT2D eigenvalue weighted by molar-refractivity contribution is 9.10. The van der Waals surface area contributed by atoms with Gasteiger partial charge in [-0.05, 0) is 65.7 Å². The molecule has 1 amide bonds. The second-order valence-corrected chi connectivity index (χ2v) is 5.89. The normalized spacial score (nSPS) is 14.4. The number of halogens is 1. The molecule has 0 spiro atoms. The highest BCUT2D eigenvalue weighted by atomic mass is 79.9. The summed E-state index contributed by atoms with van der Waals surface area (Å²) >= 11 is 3.53. The topological polar surface area (TPSA) is 41.1 Å². The number of nitrogens with one attached hydrogen (secondary N) is 2. The van der Waals surface area contributed by atoms with Gasteiger partial charge in [-0.15, -0.1) is 0 Å². The Balaban J connectivity index is 1.86. The Hall–Kier alpha value is -1.03. The molecule has 0 aliphatic heterocycles. The van der Waals surface area contributed by atoms with Crippen LogP contribution in [-0.4, -0.2) is 19.0 Å². The van der Waals surface area contributed by atoms with Gasteiger partial charge in [-0.2, -0.15) is 0 Å². The van der Waals surface area contributed by atoms with Crippen LogP contribution < -0.4 is 10.6 Å². The molecule has 4 heteroatoms. The van der Waals surface area contributed by atoms with E-state index in [4.69, 9.17) is 0 Å². The van der Waals surface area contributed by atoms with Gasteiger partial charge < -0.3 is 10.6 Å². The van der Waals surface area contributed by atoms with Gasteiger partial charge in [0, 0.05) is 11.0 Å². The number of hydrogen-bond acceptors (Lipinski definition) is 2. The van der Waals surface area contributed by atoms with Gasteiger partial charge in [0.25, 0.3) is 0 Å². The van der Waals surface area contributed by atoms with Gasteiger partial charge in [0.2, 0.25) is 5.91 Å². The average Bonchev–Trinajstić information content (AvgIpc) is 3.08. The molecule has 1 saturated carbocycles. The third-order valence-electron chi connectivity index (χ3n) is 3.14. The van der Waals surface area contributed by atoms with Crippen LogP contribution in [0, 0.1) is 19.8 Å². The molecule has 1 aromatic rings. The Morgan fingerprint density at radius 1 is 1.39 bits per heavy atom. The third kappa shape index (κ3) is 3.73. The first-order valence-corrected chi connectivity index (χ1v) is 7.13. The minimum absolute atomic E-state index is 0.0637. The van der Waals surface area contributed by atoms with Crippen molar-refractivity contribution in [1.82, 2.24) is 5.32 Å². The fourth-order valence-electron chi connectivity index (χ4n) is 1.95. The number of benzene rings is 1. The molecule has 0 radical (unpaired) electrons. The van der Waals surface area contributed by atoms with Crippen LogP contribution in [0.4, 0.5) is 5.69 Å². The highest BCUT2D eigenvalue weighted by Crippen LogP contribution is 2.28. The Kier molecular flexibility index (Phi) is 4.27. The zero-order chi connectivity index (χ0) is 13.1. The molecule has 1 fully saturated rings. The smallest absolute Gasteiger partial charge is 0.239 e. The van der Waals surface area contributed by atoms with E-state index in [-0.39, 0.29) is 5.91 Å². The van der Waals surface area contributed by atoms with Crippen LogP contribution in [0.1, 0.15) is 24.0 Å². The van der Waals surface area contributed by atoms with E-state index in [1.54, 1.807) is 0 Å². The molecule has 0 saturated heterocycles. The molecule has 18 heavy (non-hydrogen) atoms. The van der Waals surface area contributed by atoms with Crippen LogP contribution in [0.25, 0.3) is 0 Å². The molecule has 2 rings (SSSR count). The predicted molar refractivity (Wildman–Crippen MR) is 77.8 cm³/mol. The van der Waals surface area contributed by atoms with E-state index in [1.807, 2.05) is 6.92 Å². The number of hydrogen-bond donors (Lipinski definition) is 2. The number of anilines is 1. The maximum atomic E-state index is 11.6. The monoisotopic (exact) mass is 310 g/mol. The first-order valence-electron chi connectivity index (χ1n) is 6.33. The third-order valence-corrected chi connectivity index (χ3v) is 3.77. The van der Waals surface area contributed by atoms with Crippen molar-refractivity contribution in [3.8, 4) is 0 Å². The second-order valence-electron chi connectivity index (χ2n) is 5.04. The van der Waals surface area contributed by atoms with E-state index in [1.165, 1.54) is 18.4 Å². The van der Waals surface area contributed by atoms with Crippen molar-refractivity contribution >= 4 is 27.5 Å². The summed E-state index contributed by atoms with van der Waals surface area (Å²) in [6, 6.07) is 4.16. The summed E-state index contributed by atoms with van der Waals surface area (Å²) in [5.41, 5.74) is 3.36. The lowest BCUT2D eigenvalue weighted by Crippen LogP contribution is -2.31. The van der Waals surface area contributed by atoms with Gasteiger partial charge in [0.1, 0.15) is 0 Å². The van der Waals surface area contributed by atoms with Crippen molar-refractivity contribution in [3.63, 3.8) is 0 Å². The first-order chi connectivity index (χ1) is 8.56. The van der Waals surface area contributed by atoms with E-state index >= 15 is 0 Å². The molecule has 2 N–H and O–H groups in total. The number of carbonyl (C=O) groups is 1. The predicted octanol–water partition coefficient (Wildman–Crippen LogP) is 3.00. The zero-order valence-corrected chi connectivity index (χ0v) is 12.4. The Morgan fingerprint density at radius 3 is 2.72 bits per heavy atom. The fourth-order valence-corrected chi connectivity index (χ4v) is 2.76. The molecule has 1 aliphatic carbocycles. The van der Waals surface area contributed by atoms with Gasteiger partial charge in [-0.25, -0.2) is 0 Å². The summed E-state index contributed by atoms with van der Waals surface area (Å²) in [6.45, 7) is 5.26. The summed E-state index contributed by atoms with van der Waals surface area (Å²) < 4.78 is 1.01. The Morgan fingerprint density at radius 2 is 2.11 bits per heavy atom. The van der Waals surface area contributed by atoms with Crippen LogP contribution in [0.3, 0.4) is 0 Å². The van der Waals surface area contributed by atoms with Crippen LogP contribution in [0.2, 0.25) is 0 Å². The standard InChI is InChI=1S/C14H19BrN2O/c1-9-5-10(2)14(12(15)6-9)17-8-13(18)16-7-11-3-4-11/h5-6,11,17H,3-4,7-8H2,1-2H3,(H,16,18). The molecular weight excluding hydrogens is 292 g/mol. The van der Waals surface area contributed by atoms with E-state index in [0.717, 1.165) is 28.2 Å². The molecular formula is C14H19BrN2O. The molecule has 0 bridgehead atoms. The lowest BCUT2D eigenvalue weighted by molar-refractivity contribution is -0.119. The zero-order valence-electron chi connectivity index (χ0n) is 10.8. The van der Waals surface area contributed by atoms with Gasteiger partial charge >= 0.3 is 0 Å². The van der Waals surface area contributed by atoms with Crippen LogP contribution in [0.5, 0.6) is 0 Å². The summed E-state index contributed by atoms with van der Waals surface area (Å²) in [7, 11) is 0. The first kappa shape index (κ1) is 13.4. The summed E-state index contributed by atoms with van der Waals surface area (Å²) in [5.74, 6) is 0.788.